The van der Waals surface area contributed by atoms with Crippen molar-refractivity contribution in [3.8, 4) is 16.9 Å². The molecule has 0 aliphatic carbocycles. The number of benzene rings is 3. The Morgan fingerprint density at radius 1 is 0.930 bits per heavy atom. The van der Waals surface area contributed by atoms with E-state index in [2.05, 4.69) is 23.7 Å². The molecule has 5 aromatic rings. The summed E-state index contributed by atoms with van der Waals surface area (Å²) in [6.45, 7) is 10.6. The molecule has 0 amide bonds. The van der Waals surface area contributed by atoms with Gasteiger partial charge in [-0.3, -0.25) is 4.90 Å². The molecular formula is C34H33F5N4. The zero-order valence-corrected chi connectivity index (χ0v) is 24.8. The molecule has 0 atom stereocenters. The number of aromatic amines is 1. The normalized spacial score (nSPS) is 15.0. The van der Waals surface area contributed by atoms with Crippen LogP contribution >= 0.6 is 0 Å². The van der Waals surface area contributed by atoms with E-state index in [-0.39, 0.29) is 11.1 Å². The molecule has 1 aliphatic rings. The van der Waals surface area contributed by atoms with Crippen LogP contribution < -0.4 is 0 Å². The lowest BCUT2D eigenvalue weighted by Crippen LogP contribution is -2.36. The summed E-state index contributed by atoms with van der Waals surface area (Å²) in [6.07, 6.45) is -1.35. The summed E-state index contributed by atoms with van der Waals surface area (Å²) >= 11 is 0. The van der Waals surface area contributed by atoms with E-state index in [1.807, 2.05) is 36.7 Å². The highest BCUT2D eigenvalue weighted by Crippen LogP contribution is 2.47. The van der Waals surface area contributed by atoms with Crippen LogP contribution in [0.3, 0.4) is 0 Å². The molecule has 0 spiro atoms. The molecule has 0 bridgehead atoms. The predicted molar refractivity (Wildman–Crippen MR) is 158 cm³/mol. The molecule has 3 heterocycles. The van der Waals surface area contributed by atoms with Gasteiger partial charge in [0.05, 0.1) is 33.7 Å². The maximum atomic E-state index is 16.0. The van der Waals surface area contributed by atoms with Crippen molar-refractivity contribution >= 4 is 10.9 Å². The first-order valence-corrected chi connectivity index (χ1v) is 14.5. The third-order valence-corrected chi connectivity index (χ3v) is 8.89. The van der Waals surface area contributed by atoms with Crippen LogP contribution in [0, 0.1) is 18.6 Å². The standard InChI is InChI=1S/C34H33F5N4/c1-6-20-9-8-10-21(7-2)30(20)43-31(28-24-13-14-40-29(24)27(36)16-26(28)35)25-18-42(33(4,5)32(25)41-43)17-22-11-12-23(15-19(22)3)34(37,38)39/h8-16,40H,6-7,17-18H2,1-5H3. The molecule has 1 N–H and O–H groups in total. The van der Waals surface area contributed by atoms with Gasteiger partial charge in [-0.15, -0.1) is 0 Å². The first kappa shape index (κ1) is 29.1. The Hall–Kier alpha value is -3.98. The van der Waals surface area contributed by atoms with Crippen molar-refractivity contribution in [2.24, 2.45) is 0 Å². The summed E-state index contributed by atoms with van der Waals surface area (Å²) in [7, 11) is 0. The van der Waals surface area contributed by atoms with Gasteiger partial charge in [0.15, 0.2) is 0 Å². The average molecular weight is 593 g/mol. The van der Waals surface area contributed by atoms with Crippen LogP contribution in [-0.4, -0.2) is 19.7 Å². The predicted octanol–water partition coefficient (Wildman–Crippen LogP) is 9.00. The molecule has 3 aromatic carbocycles. The fourth-order valence-electron chi connectivity index (χ4n) is 6.44. The van der Waals surface area contributed by atoms with Gasteiger partial charge >= 0.3 is 6.18 Å². The first-order valence-electron chi connectivity index (χ1n) is 14.5. The van der Waals surface area contributed by atoms with E-state index in [4.69, 9.17) is 5.10 Å². The monoisotopic (exact) mass is 592 g/mol. The summed E-state index contributed by atoms with van der Waals surface area (Å²) in [4.78, 5) is 5.06. The summed E-state index contributed by atoms with van der Waals surface area (Å²) in [5.74, 6) is -1.36. The number of nitrogens with zero attached hydrogens (tertiary/aromatic N) is 3. The molecule has 0 saturated heterocycles. The number of aromatic nitrogens is 3. The van der Waals surface area contributed by atoms with Crippen LogP contribution in [0.1, 0.15) is 66.8 Å². The second-order valence-electron chi connectivity index (χ2n) is 11.8. The summed E-state index contributed by atoms with van der Waals surface area (Å²) < 4.78 is 72.6. The number of alkyl halides is 3. The Kier molecular flexibility index (Phi) is 6.99. The Labute approximate surface area is 247 Å². The SMILES string of the molecule is CCc1cccc(CC)c1-n1nc2c(c1-c1c(F)cc(F)c3[nH]ccc13)CN(Cc1ccc(C(F)(F)F)cc1C)C2(C)C. The van der Waals surface area contributed by atoms with Gasteiger partial charge < -0.3 is 4.98 Å². The van der Waals surface area contributed by atoms with Crippen LogP contribution in [0.15, 0.2) is 54.7 Å². The van der Waals surface area contributed by atoms with Gasteiger partial charge in [0.25, 0.3) is 0 Å². The number of para-hydroxylation sites is 1. The minimum atomic E-state index is -4.42. The van der Waals surface area contributed by atoms with E-state index in [1.165, 1.54) is 12.1 Å². The van der Waals surface area contributed by atoms with Gasteiger partial charge in [-0.1, -0.05) is 38.1 Å². The summed E-state index contributed by atoms with van der Waals surface area (Å²) in [6, 6.07) is 12.5. The number of aryl methyl sites for hydroxylation is 3. The molecule has 0 fully saturated rings. The molecular weight excluding hydrogens is 559 g/mol. The second-order valence-corrected chi connectivity index (χ2v) is 11.8. The lowest BCUT2D eigenvalue weighted by molar-refractivity contribution is -0.137. The number of hydrogen-bond acceptors (Lipinski definition) is 2. The van der Waals surface area contributed by atoms with Gasteiger partial charge in [0, 0.05) is 41.9 Å². The van der Waals surface area contributed by atoms with Gasteiger partial charge in [-0.2, -0.15) is 18.3 Å². The smallest absolute Gasteiger partial charge is 0.359 e. The molecule has 9 heteroatoms. The van der Waals surface area contributed by atoms with Crippen LogP contribution in [0.4, 0.5) is 22.0 Å². The van der Waals surface area contributed by atoms with E-state index in [1.54, 1.807) is 19.2 Å². The van der Waals surface area contributed by atoms with E-state index in [9.17, 15) is 17.6 Å². The summed E-state index contributed by atoms with van der Waals surface area (Å²) in [5, 5.41) is 5.60. The number of rotatable bonds is 6. The van der Waals surface area contributed by atoms with Crippen molar-refractivity contribution in [1.82, 2.24) is 19.7 Å². The third kappa shape index (κ3) is 4.65. The topological polar surface area (TPSA) is 36.9 Å². The quantitative estimate of drug-likeness (QED) is 0.200. The Morgan fingerprint density at radius 3 is 2.26 bits per heavy atom. The maximum absolute atomic E-state index is 16.0. The van der Waals surface area contributed by atoms with E-state index in [0.717, 1.165) is 58.6 Å². The van der Waals surface area contributed by atoms with Gasteiger partial charge in [-0.25, -0.2) is 13.5 Å². The summed E-state index contributed by atoms with van der Waals surface area (Å²) in [5.41, 5.74) is 5.63. The number of H-pyrrole nitrogens is 1. The number of hydrogen-bond donors (Lipinski definition) is 1. The molecule has 43 heavy (non-hydrogen) atoms. The molecule has 0 radical (unpaired) electrons. The Balaban J connectivity index is 1.56. The number of nitrogens with one attached hydrogen (secondary N) is 1. The van der Waals surface area contributed by atoms with Crippen LogP contribution in [0.5, 0.6) is 0 Å². The zero-order chi connectivity index (χ0) is 30.8. The molecule has 6 rings (SSSR count). The minimum Gasteiger partial charge on any atom is -0.359 e. The van der Waals surface area contributed by atoms with Crippen LogP contribution in [-0.2, 0) is 37.6 Å². The zero-order valence-electron chi connectivity index (χ0n) is 24.8. The van der Waals surface area contributed by atoms with Crippen LogP contribution in [0.25, 0.3) is 27.8 Å². The van der Waals surface area contributed by atoms with Crippen molar-refractivity contribution in [2.75, 3.05) is 0 Å². The molecule has 0 unspecified atom stereocenters. The Bertz CT molecular complexity index is 1840. The highest BCUT2D eigenvalue weighted by molar-refractivity contribution is 5.96. The van der Waals surface area contributed by atoms with Gasteiger partial charge in [0.2, 0.25) is 0 Å². The molecule has 2 aromatic heterocycles. The van der Waals surface area contributed by atoms with Crippen molar-refractivity contribution in [1.29, 1.82) is 0 Å². The van der Waals surface area contributed by atoms with E-state index in [0.29, 0.717) is 29.7 Å². The molecule has 0 saturated carbocycles. The maximum Gasteiger partial charge on any atom is 0.416 e. The molecule has 4 nitrogen and oxygen atoms in total. The highest BCUT2D eigenvalue weighted by atomic mass is 19.4. The lowest BCUT2D eigenvalue weighted by Gasteiger charge is -2.32. The largest absolute Gasteiger partial charge is 0.416 e. The second kappa shape index (κ2) is 10.3. The third-order valence-electron chi connectivity index (χ3n) is 8.89. The van der Waals surface area contributed by atoms with E-state index >= 15 is 4.39 Å². The van der Waals surface area contributed by atoms with E-state index < -0.39 is 28.9 Å². The van der Waals surface area contributed by atoms with Crippen molar-refractivity contribution in [3.63, 3.8) is 0 Å². The molecule has 1 aliphatic heterocycles. The minimum absolute atomic E-state index is 0.215. The van der Waals surface area contributed by atoms with Gasteiger partial charge in [0.1, 0.15) is 11.6 Å². The molecule has 224 valence electrons. The number of fused-ring (bicyclic) bond motifs is 2. The van der Waals surface area contributed by atoms with Crippen molar-refractivity contribution < 1.29 is 22.0 Å². The lowest BCUT2D eigenvalue weighted by atomic mass is 9.96. The first-order chi connectivity index (χ1) is 20.4. The number of halogens is 5. The Morgan fingerprint density at radius 2 is 1.63 bits per heavy atom. The van der Waals surface area contributed by atoms with Crippen LogP contribution in [0.2, 0.25) is 0 Å². The van der Waals surface area contributed by atoms with Gasteiger partial charge in [-0.05, 0) is 74.1 Å². The highest BCUT2D eigenvalue weighted by Gasteiger charge is 2.44. The fraction of sp³-hybridized carbons (Fsp3) is 0.324. The van der Waals surface area contributed by atoms with Crippen molar-refractivity contribution in [2.45, 2.75) is 72.3 Å². The fourth-order valence-corrected chi connectivity index (χ4v) is 6.44. The average Bonchev–Trinajstić information content (AvgIpc) is 3.64. The van der Waals surface area contributed by atoms with Crippen molar-refractivity contribution in [3.05, 3.63) is 105 Å².